The third-order valence-electron chi connectivity index (χ3n) is 2.52. The van der Waals surface area contributed by atoms with Gasteiger partial charge in [0.25, 0.3) is 0 Å². The lowest BCUT2D eigenvalue weighted by Crippen LogP contribution is -2.00. The molecule has 0 heterocycles. The first-order chi connectivity index (χ1) is 8.09. The zero-order valence-electron chi connectivity index (χ0n) is 9.30. The fraction of sp³-hybridized carbons (Fsp3) is 0.0769. The van der Waals surface area contributed by atoms with E-state index >= 15 is 0 Å². The molecule has 0 unspecified atom stereocenters. The number of rotatable bonds is 2. The Morgan fingerprint density at radius 1 is 1.12 bits per heavy atom. The molecule has 0 aromatic heterocycles. The van der Waals surface area contributed by atoms with E-state index in [-0.39, 0.29) is 5.69 Å². The summed E-state index contributed by atoms with van der Waals surface area (Å²) in [6.45, 7) is 1.90. The molecule has 0 aliphatic carbocycles. The number of benzene rings is 2. The third kappa shape index (κ3) is 2.34. The minimum atomic E-state index is -0.403. The van der Waals surface area contributed by atoms with Crippen LogP contribution in [0.1, 0.15) is 5.56 Å². The Labute approximate surface area is 104 Å². The van der Waals surface area contributed by atoms with Crippen LogP contribution in [0, 0.1) is 12.7 Å². The van der Waals surface area contributed by atoms with Crippen LogP contribution in [-0.2, 0) is 0 Å². The van der Waals surface area contributed by atoms with Crippen molar-refractivity contribution in [3.63, 3.8) is 0 Å². The first-order valence-corrected chi connectivity index (χ1v) is 5.53. The molecule has 0 bridgehead atoms. The van der Waals surface area contributed by atoms with Crippen molar-refractivity contribution in [2.75, 3.05) is 11.1 Å². The molecule has 88 valence electrons. The third-order valence-corrected chi connectivity index (χ3v) is 2.83. The van der Waals surface area contributed by atoms with Gasteiger partial charge in [0, 0.05) is 0 Å². The number of nitrogens with two attached hydrogens (primary N) is 1. The van der Waals surface area contributed by atoms with Gasteiger partial charge in [0.1, 0.15) is 5.82 Å². The minimum Gasteiger partial charge on any atom is -0.397 e. The summed E-state index contributed by atoms with van der Waals surface area (Å²) in [7, 11) is 0. The van der Waals surface area contributed by atoms with E-state index in [4.69, 9.17) is 17.3 Å². The number of nitrogens with one attached hydrogen (secondary N) is 1. The second-order valence-electron chi connectivity index (χ2n) is 3.76. The molecule has 0 aliphatic heterocycles. The highest BCUT2D eigenvalue weighted by Gasteiger charge is 2.09. The Morgan fingerprint density at radius 3 is 2.47 bits per heavy atom. The number of nitrogen functional groups attached to an aromatic ring is 1. The predicted molar refractivity (Wildman–Crippen MR) is 70.3 cm³/mol. The quantitative estimate of drug-likeness (QED) is 0.787. The van der Waals surface area contributed by atoms with E-state index in [9.17, 15) is 4.39 Å². The van der Waals surface area contributed by atoms with E-state index in [1.807, 2.05) is 19.1 Å². The Morgan fingerprint density at radius 2 is 1.82 bits per heavy atom. The van der Waals surface area contributed by atoms with Crippen molar-refractivity contribution in [1.29, 1.82) is 0 Å². The molecule has 2 rings (SSSR count). The highest BCUT2D eigenvalue weighted by Crippen LogP contribution is 2.32. The highest BCUT2D eigenvalue weighted by molar-refractivity contribution is 6.33. The van der Waals surface area contributed by atoms with Gasteiger partial charge in [-0.15, -0.1) is 0 Å². The molecule has 0 radical (unpaired) electrons. The van der Waals surface area contributed by atoms with Gasteiger partial charge in [-0.25, -0.2) is 4.39 Å². The maximum absolute atomic E-state index is 13.6. The van der Waals surface area contributed by atoms with Gasteiger partial charge in [-0.05, 0) is 30.7 Å². The average Bonchev–Trinajstić information content (AvgIpc) is 2.27. The minimum absolute atomic E-state index is 0.246. The molecule has 0 amide bonds. The monoisotopic (exact) mass is 250 g/mol. The highest BCUT2D eigenvalue weighted by atomic mass is 35.5. The molecule has 3 N–H and O–H groups in total. The van der Waals surface area contributed by atoms with E-state index in [2.05, 4.69) is 5.32 Å². The summed E-state index contributed by atoms with van der Waals surface area (Å²) < 4.78 is 13.6. The zero-order valence-corrected chi connectivity index (χ0v) is 10.1. The van der Waals surface area contributed by atoms with Crippen LogP contribution >= 0.6 is 11.6 Å². The maximum Gasteiger partial charge on any atom is 0.148 e. The lowest BCUT2D eigenvalue weighted by molar-refractivity contribution is 0.632. The van der Waals surface area contributed by atoms with Crippen molar-refractivity contribution in [3.8, 4) is 0 Å². The fourth-order valence-electron chi connectivity index (χ4n) is 1.60. The SMILES string of the molecule is Cc1cccc(N)c1Nc1c(F)cccc1Cl. The lowest BCUT2D eigenvalue weighted by atomic mass is 10.1. The van der Waals surface area contributed by atoms with Crippen molar-refractivity contribution in [3.05, 3.63) is 52.8 Å². The van der Waals surface area contributed by atoms with Crippen molar-refractivity contribution in [2.45, 2.75) is 6.92 Å². The van der Waals surface area contributed by atoms with Crippen LogP contribution in [-0.4, -0.2) is 0 Å². The maximum atomic E-state index is 13.6. The molecule has 0 fully saturated rings. The standard InChI is InChI=1S/C13H12ClFN2/c1-8-4-2-7-11(16)12(8)17-13-9(14)5-3-6-10(13)15/h2-7,17H,16H2,1H3. The van der Waals surface area contributed by atoms with Crippen LogP contribution in [0.2, 0.25) is 5.02 Å². The summed E-state index contributed by atoms with van der Waals surface area (Å²) in [5.41, 5.74) is 8.26. The van der Waals surface area contributed by atoms with E-state index in [0.29, 0.717) is 16.4 Å². The fourth-order valence-corrected chi connectivity index (χ4v) is 1.81. The summed E-state index contributed by atoms with van der Waals surface area (Å²) in [4.78, 5) is 0. The second kappa shape index (κ2) is 4.63. The second-order valence-corrected chi connectivity index (χ2v) is 4.17. The zero-order chi connectivity index (χ0) is 12.4. The van der Waals surface area contributed by atoms with Gasteiger partial charge in [0.05, 0.1) is 22.1 Å². The first kappa shape index (κ1) is 11.7. The van der Waals surface area contributed by atoms with E-state index in [1.165, 1.54) is 6.07 Å². The molecule has 2 aromatic carbocycles. The molecule has 0 saturated carbocycles. The predicted octanol–water partition coefficient (Wildman–Crippen LogP) is 4.11. The largest absolute Gasteiger partial charge is 0.397 e. The van der Waals surface area contributed by atoms with Gasteiger partial charge in [0.15, 0.2) is 0 Å². The average molecular weight is 251 g/mol. The molecule has 0 aliphatic rings. The van der Waals surface area contributed by atoms with Crippen LogP contribution < -0.4 is 11.1 Å². The van der Waals surface area contributed by atoms with Gasteiger partial charge < -0.3 is 11.1 Å². The number of anilines is 3. The Balaban J connectivity index is 2.45. The van der Waals surface area contributed by atoms with Crippen LogP contribution in [0.4, 0.5) is 21.5 Å². The molecule has 2 aromatic rings. The number of hydrogen-bond acceptors (Lipinski definition) is 2. The van der Waals surface area contributed by atoms with Crippen molar-refractivity contribution in [1.82, 2.24) is 0 Å². The van der Waals surface area contributed by atoms with Gasteiger partial charge in [0.2, 0.25) is 0 Å². The number of halogens is 2. The Kier molecular flexibility index (Phi) is 3.20. The van der Waals surface area contributed by atoms with Crippen molar-refractivity contribution < 1.29 is 4.39 Å². The Hall–Kier alpha value is -1.74. The van der Waals surface area contributed by atoms with Gasteiger partial charge in [-0.2, -0.15) is 0 Å². The first-order valence-electron chi connectivity index (χ1n) is 5.15. The summed E-state index contributed by atoms with van der Waals surface area (Å²) in [5, 5.41) is 3.27. The summed E-state index contributed by atoms with van der Waals surface area (Å²) >= 11 is 5.94. The van der Waals surface area contributed by atoms with Gasteiger partial charge >= 0.3 is 0 Å². The molecule has 0 saturated heterocycles. The number of aryl methyl sites for hydroxylation is 1. The molecule has 17 heavy (non-hydrogen) atoms. The van der Waals surface area contributed by atoms with Gasteiger partial charge in [-0.1, -0.05) is 29.8 Å². The topological polar surface area (TPSA) is 38.0 Å². The molecular formula is C13H12ClFN2. The van der Waals surface area contributed by atoms with Crippen LogP contribution in [0.15, 0.2) is 36.4 Å². The summed E-state index contributed by atoms with van der Waals surface area (Å²) in [5.74, 6) is -0.403. The number of hydrogen-bond donors (Lipinski definition) is 2. The molecule has 0 atom stereocenters. The summed E-state index contributed by atoms with van der Waals surface area (Å²) in [6.07, 6.45) is 0. The van der Waals surface area contributed by atoms with Crippen molar-refractivity contribution >= 4 is 28.7 Å². The normalized spacial score (nSPS) is 10.3. The van der Waals surface area contributed by atoms with Crippen LogP contribution in [0.25, 0.3) is 0 Å². The van der Waals surface area contributed by atoms with Gasteiger partial charge in [-0.3, -0.25) is 0 Å². The van der Waals surface area contributed by atoms with Crippen molar-refractivity contribution in [2.24, 2.45) is 0 Å². The van der Waals surface area contributed by atoms with Crippen LogP contribution in [0.3, 0.4) is 0 Å². The number of para-hydroxylation sites is 2. The lowest BCUT2D eigenvalue weighted by Gasteiger charge is -2.13. The molecule has 2 nitrogen and oxygen atoms in total. The smallest absolute Gasteiger partial charge is 0.148 e. The van der Waals surface area contributed by atoms with E-state index in [1.54, 1.807) is 18.2 Å². The molecule has 0 spiro atoms. The van der Waals surface area contributed by atoms with Crippen LogP contribution in [0.5, 0.6) is 0 Å². The summed E-state index contributed by atoms with van der Waals surface area (Å²) in [6, 6.07) is 10.0. The Bertz CT molecular complexity index is 465. The van der Waals surface area contributed by atoms with E-state index in [0.717, 1.165) is 5.56 Å². The molecule has 4 heteroatoms. The molecular weight excluding hydrogens is 239 g/mol. The van der Waals surface area contributed by atoms with E-state index < -0.39 is 5.82 Å².